The minimum atomic E-state index is -2.79. The van der Waals surface area contributed by atoms with E-state index >= 15 is 0 Å². The molecule has 2 rings (SSSR count). The van der Waals surface area contributed by atoms with Gasteiger partial charge in [0.05, 0.1) is 0 Å². The first-order chi connectivity index (χ1) is 10.5. The average Bonchev–Trinajstić information content (AvgIpc) is 2.49. The first-order valence-corrected chi connectivity index (χ1v) is 11.1. The van der Waals surface area contributed by atoms with E-state index in [1.807, 2.05) is 48.5 Å². The molecular weight excluding hydrogens is 417 g/mol. The van der Waals surface area contributed by atoms with Crippen LogP contribution in [0.3, 0.4) is 0 Å². The molecule has 0 saturated heterocycles. The molecule has 23 heavy (non-hydrogen) atoms. The van der Waals surface area contributed by atoms with Gasteiger partial charge in [-0.3, -0.25) is 0 Å². The summed E-state index contributed by atoms with van der Waals surface area (Å²) in [6.45, 7) is 4.24. The molecule has 0 aliphatic carbocycles. The van der Waals surface area contributed by atoms with Crippen LogP contribution in [0.15, 0.2) is 48.5 Å². The molecular formula is C17H20O2PRbS2. The van der Waals surface area contributed by atoms with Crippen molar-refractivity contribution in [1.82, 2.24) is 0 Å². The van der Waals surface area contributed by atoms with Gasteiger partial charge in [-0.2, -0.15) is 0 Å². The van der Waals surface area contributed by atoms with E-state index < -0.39 is 5.69 Å². The molecule has 1 atom stereocenters. The molecule has 0 fully saturated rings. The number of benzene rings is 2. The van der Waals surface area contributed by atoms with Crippen LogP contribution in [-0.4, -0.2) is 0 Å². The largest absolute Gasteiger partial charge is 1.00 e. The van der Waals surface area contributed by atoms with Crippen molar-refractivity contribution in [1.29, 1.82) is 0 Å². The second kappa shape index (κ2) is 10.8. The summed E-state index contributed by atoms with van der Waals surface area (Å²) in [5, 5.41) is 0. The van der Waals surface area contributed by atoms with Crippen LogP contribution >= 0.6 is 5.69 Å². The molecule has 0 aromatic heterocycles. The molecule has 0 heterocycles. The maximum Gasteiger partial charge on any atom is 1.00 e. The smallest absolute Gasteiger partial charge is 0.665 e. The van der Waals surface area contributed by atoms with Gasteiger partial charge in [-0.05, 0) is 54.0 Å². The molecule has 2 aromatic rings. The third kappa shape index (κ3) is 7.31. The molecule has 0 radical (unpaired) electrons. The quantitative estimate of drug-likeness (QED) is 0.490. The van der Waals surface area contributed by atoms with Gasteiger partial charge in [-0.25, -0.2) is 0 Å². The molecule has 0 aliphatic rings. The van der Waals surface area contributed by atoms with E-state index in [1.54, 1.807) is 0 Å². The predicted octanol–water partition coefficient (Wildman–Crippen LogP) is 2.43. The van der Waals surface area contributed by atoms with Crippen LogP contribution in [0.4, 0.5) is 0 Å². The Bertz CT molecular complexity index is 662. The molecule has 118 valence electrons. The Balaban J connectivity index is 0.00000264. The van der Waals surface area contributed by atoms with Crippen molar-refractivity contribution in [2.24, 2.45) is 0 Å². The molecule has 0 N–H and O–H groups in total. The Labute approximate surface area is 198 Å². The van der Waals surface area contributed by atoms with Gasteiger partial charge >= 0.3 is 58.2 Å². The Kier molecular flexibility index (Phi) is 10.2. The van der Waals surface area contributed by atoms with Crippen molar-refractivity contribution in [2.75, 3.05) is 0 Å². The van der Waals surface area contributed by atoms with Gasteiger partial charge in [0.15, 0.2) is 5.69 Å². The van der Waals surface area contributed by atoms with Crippen LogP contribution in [0.5, 0.6) is 11.5 Å². The fourth-order valence-corrected chi connectivity index (χ4v) is 3.96. The zero-order valence-electron chi connectivity index (χ0n) is 13.8. The van der Waals surface area contributed by atoms with Crippen molar-refractivity contribution >= 4 is 29.7 Å². The fraction of sp³-hybridized carbons (Fsp3) is 0.294. The third-order valence-electron chi connectivity index (χ3n) is 3.25. The van der Waals surface area contributed by atoms with Crippen molar-refractivity contribution in [2.45, 2.75) is 33.1 Å². The number of hydrogen-bond donors (Lipinski definition) is 0. The number of hydrogen-bond acceptors (Lipinski definition) is 4. The Morgan fingerprint density at radius 1 is 1.00 bits per heavy atom. The Hall–Kier alpha value is 0.845. The van der Waals surface area contributed by atoms with Crippen molar-refractivity contribution in [3.63, 3.8) is 0 Å². The van der Waals surface area contributed by atoms with E-state index in [0.29, 0.717) is 5.75 Å². The molecule has 2 aromatic carbocycles. The summed E-state index contributed by atoms with van der Waals surface area (Å²) in [5.74, 6) is 1.41. The van der Waals surface area contributed by atoms with E-state index in [-0.39, 0.29) is 58.2 Å². The van der Waals surface area contributed by atoms with Crippen molar-refractivity contribution < 1.29 is 67.2 Å². The second-order valence-corrected chi connectivity index (χ2v) is 9.82. The first-order valence-electron chi connectivity index (χ1n) is 7.41. The van der Waals surface area contributed by atoms with Crippen LogP contribution in [0.25, 0.3) is 0 Å². The van der Waals surface area contributed by atoms with Crippen molar-refractivity contribution in [3.05, 3.63) is 59.7 Å². The van der Waals surface area contributed by atoms with Gasteiger partial charge in [0.2, 0.25) is 0 Å². The molecule has 0 bridgehead atoms. The number of aryl methyl sites for hydroxylation is 2. The maximum atomic E-state index is 5.86. The van der Waals surface area contributed by atoms with E-state index in [0.717, 1.165) is 30.6 Å². The van der Waals surface area contributed by atoms with Gasteiger partial charge in [0, 0.05) is 0 Å². The Morgan fingerprint density at radius 2 is 1.65 bits per heavy atom. The summed E-state index contributed by atoms with van der Waals surface area (Å²) in [5.41, 5.74) is -0.425. The zero-order chi connectivity index (χ0) is 16.0. The maximum absolute atomic E-state index is 5.86. The second-order valence-electron chi connectivity index (χ2n) is 4.99. The van der Waals surface area contributed by atoms with Gasteiger partial charge < -0.3 is 21.3 Å². The van der Waals surface area contributed by atoms with Crippen LogP contribution in [0.1, 0.15) is 31.4 Å². The molecule has 0 saturated carbocycles. The molecule has 0 amide bonds. The minimum Gasteiger partial charge on any atom is -0.665 e. The van der Waals surface area contributed by atoms with E-state index in [9.17, 15) is 0 Å². The fourth-order valence-electron chi connectivity index (χ4n) is 2.12. The predicted molar refractivity (Wildman–Crippen MR) is 99.2 cm³/mol. The first kappa shape index (κ1) is 21.9. The van der Waals surface area contributed by atoms with Crippen LogP contribution < -0.4 is 67.2 Å². The van der Waals surface area contributed by atoms with Gasteiger partial charge in [-0.15, -0.1) is 0 Å². The normalized spacial score (nSPS) is 12.8. The molecule has 2 nitrogen and oxygen atoms in total. The number of para-hydroxylation sites is 1. The van der Waals surface area contributed by atoms with E-state index in [1.165, 1.54) is 5.56 Å². The molecule has 1 unspecified atom stereocenters. The van der Waals surface area contributed by atoms with Crippen LogP contribution in [0, 0.1) is 0 Å². The zero-order valence-corrected chi connectivity index (χ0v) is 21.3. The average molecular weight is 437 g/mol. The summed E-state index contributed by atoms with van der Waals surface area (Å²) >= 11 is 10.8. The molecule has 6 heteroatoms. The van der Waals surface area contributed by atoms with Crippen LogP contribution in [0.2, 0.25) is 0 Å². The number of rotatable bonds is 7. The molecule has 0 spiro atoms. The van der Waals surface area contributed by atoms with Gasteiger partial charge in [0.25, 0.3) is 0 Å². The third-order valence-corrected chi connectivity index (χ3v) is 5.00. The summed E-state index contributed by atoms with van der Waals surface area (Å²) in [6, 6.07) is 15.7. The van der Waals surface area contributed by atoms with Crippen LogP contribution in [-0.2, 0) is 36.9 Å². The topological polar surface area (TPSA) is 18.5 Å². The monoisotopic (exact) mass is 436 g/mol. The standard InChI is InChI=1S/C17H21O2PS2.Rb/c1-3-7-15-8-5-6-9-17(15)19-20(21,22)18-16-12-10-14(4-2)11-13-16;/h5-6,8-13H,3-4,7H2,1-2H3,(H,21,22);/q;+1/p-1. The SMILES string of the molecule is CCCc1ccccc1OP(=S)([S-])Oc1ccc(CC)cc1.[Rb+]. The summed E-state index contributed by atoms with van der Waals surface area (Å²) in [4.78, 5) is 0. The van der Waals surface area contributed by atoms with Crippen molar-refractivity contribution in [3.8, 4) is 11.5 Å². The summed E-state index contributed by atoms with van der Waals surface area (Å²) < 4.78 is 11.6. The van der Waals surface area contributed by atoms with E-state index in [2.05, 4.69) is 13.8 Å². The van der Waals surface area contributed by atoms with Gasteiger partial charge in [-0.1, -0.05) is 50.6 Å². The minimum absolute atomic E-state index is 0. The van der Waals surface area contributed by atoms with E-state index in [4.69, 9.17) is 33.1 Å². The summed E-state index contributed by atoms with van der Waals surface area (Å²) in [6.07, 6.45) is 2.97. The molecule has 0 aliphatic heterocycles. The summed E-state index contributed by atoms with van der Waals surface area (Å²) in [7, 11) is 0. The Morgan fingerprint density at radius 3 is 2.26 bits per heavy atom. The van der Waals surface area contributed by atoms with Gasteiger partial charge in [0.1, 0.15) is 11.5 Å².